The molecule has 2 aromatic carbocycles. The third-order valence-electron chi connectivity index (χ3n) is 4.01. The zero-order chi connectivity index (χ0) is 17.3. The average molecular weight is 341 g/mol. The molecule has 0 aliphatic rings. The highest BCUT2D eigenvalue weighted by Gasteiger charge is 2.23. The number of benzene rings is 2. The largest absolute Gasteiger partial charge is 0.346 e. The van der Waals surface area contributed by atoms with E-state index < -0.39 is 15.3 Å². The highest BCUT2D eigenvalue weighted by molar-refractivity contribution is 7.91. The number of hydrogen-bond donors (Lipinski definition) is 0. The van der Waals surface area contributed by atoms with Crippen LogP contribution in [0.2, 0.25) is 0 Å². The van der Waals surface area contributed by atoms with E-state index in [2.05, 4.69) is 0 Å². The van der Waals surface area contributed by atoms with Gasteiger partial charge >= 0.3 is 0 Å². The molecule has 0 aliphatic heterocycles. The van der Waals surface area contributed by atoms with Crippen molar-refractivity contribution in [2.75, 3.05) is 0 Å². The molecule has 3 rings (SSSR count). The van der Waals surface area contributed by atoms with Gasteiger partial charge in [-0.1, -0.05) is 36.8 Å². The van der Waals surface area contributed by atoms with Gasteiger partial charge in [-0.2, -0.15) is 0 Å². The lowest BCUT2D eigenvalue weighted by Gasteiger charge is -2.13. The number of fused-ring (bicyclic) bond motifs is 1. The van der Waals surface area contributed by atoms with E-state index >= 15 is 0 Å². The van der Waals surface area contributed by atoms with E-state index in [0.717, 1.165) is 17.5 Å². The van der Waals surface area contributed by atoms with E-state index in [4.69, 9.17) is 0 Å². The van der Waals surface area contributed by atoms with Gasteiger partial charge in [0.25, 0.3) is 0 Å². The van der Waals surface area contributed by atoms with Crippen molar-refractivity contribution in [1.29, 1.82) is 0 Å². The molecular weight excluding hydrogens is 322 g/mol. The summed E-state index contributed by atoms with van der Waals surface area (Å²) in [6.45, 7) is 4.56. The Kier molecular flexibility index (Phi) is 4.28. The third-order valence-corrected chi connectivity index (χ3v) is 5.77. The van der Waals surface area contributed by atoms with Gasteiger partial charge in [-0.15, -0.1) is 0 Å². The minimum atomic E-state index is -3.85. The second kappa shape index (κ2) is 6.24. The highest BCUT2D eigenvalue weighted by atomic mass is 32.2. The number of rotatable bonds is 4. The lowest BCUT2D eigenvalue weighted by molar-refractivity contribution is 0.592. The summed E-state index contributed by atoms with van der Waals surface area (Å²) in [5.74, 6) is 0. The Morgan fingerprint density at radius 2 is 1.75 bits per heavy atom. The molecule has 0 radical (unpaired) electrons. The fraction of sp³-hybridized carbons (Fsp3) is 0.211. The molecule has 124 valence electrons. The third kappa shape index (κ3) is 2.76. The van der Waals surface area contributed by atoms with E-state index in [0.29, 0.717) is 11.9 Å². The molecule has 0 aliphatic carbocycles. The smallest absolute Gasteiger partial charge is 0.211 e. The molecule has 3 aromatic rings. The normalized spacial score (nSPS) is 11.8. The van der Waals surface area contributed by atoms with E-state index in [9.17, 15) is 13.2 Å². The lowest BCUT2D eigenvalue weighted by atomic mass is 10.1. The van der Waals surface area contributed by atoms with Crippen LogP contribution >= 0.6 is 0 Å². The summed E-state index contributed by atoms with van der Waals surface area (Å²) in [7, 11) is -3.85. The number of nitrogens with zero attached hydrogens (tertiary/aromatic N) is 1. The van der Waals surface area contributed by atoms with Crippen molar-refractivity contribution in [3.63, 3.8) is 0 Å². The molecule has 0 fully saturated rings. The van der Waals surface area contributed by atoms with Gasteiger partial charge in [0.05, 0.1) is 10.4 Å². The van der Waals surface area contributed by atoms with Crippen LogP contribution in [0, 0.1) is 6.92 Å². The quantitative estimate of drug-likeness (QED) is 0.729. The molecule has 5 heteroatoms. The molecular formula is C19H19NO3S. The van der Waals surface area contributed by atoms with Crippen LogP contribution in [0.15, 0.2) is 69.3 Å². The summed E-state index contributed by atoms with van der Waals surface area (Å²) in [5.41, 5.74) is 1.25. The number of pyridine rings is 1. The Balaban J connectivity index is 2.37. The van der Waals surface area contributed by atoms with E-state index in [1.165, 1.54) is 18.3 Å². The maximum atomic E-state index is 12.9. The van der Waals surface area contributed by atoms with E-state index in [1.54, 1.807) is 24.3 Å². The molecule has 4 nitrogen and oxygen atoms in total. The van der Waals surface area contributed by atoms with Crippen molar-refractivity contribution < 1.29 is 8.42 Å². The van der Waals surface area contributed by atoms with Gasteiger partial charge in [-0.05, 0) is 37.6 Å². The molecule has 0 spiro atoms. The Labute approximate surface area is 141 Å². The second-order valence-corrected chi connectivity index (χ2v) is 7.77. The molecule has 0 atom stereocenters. The van der Waals surface area contributed by atoms with Crippen LogP contribution in [0.5, 0.6) is 0 Å². The van der Waals surface area contributed by atoms with Crippen LogP contribution in [0.25, 0.3) is 10.9 Å². The van der Waals surface area contributed by atoms with Crippen molar-refractivity contribution in [2.24, 2.45) is 0 Å². The van der Waals surface area contributed by atoms with Crippen molar-refractivity contribution >= 4 is 20.7 Å². The molecule has 1 heterocycles. The first kappa shape index (κ1) is 16.5. The highest BCUT2D eigenvalue weighted by Crippen LogP contribution is 2.22. The van der Waals surface area contributed by atoms with Crippen molar-refractivity contribution in [3.8, 4) is 0 Å². The van der Waals surface area contributed by atoms with Crippen LogP contribution in [0.4, 0.5) is 0 Å². The summed E-state index contributed by atoms with van der Waals surface area (Å²) < 4.78 is 27.7. The summed E-state index contributed by atoms with van der Waals surface area (Å²) in [6.07, 6.45) is 2.32. The van der Waals surface area contributed by atoms with Crippen molar-refractivity contribution in [1.82, 2.24) is 4.57 Å². The zero-order valence-corrected chi connectivity index (χ0v) is 14.5. The number of aryl methyl sites for hydroxylation is 2. The number of sulfone groups is 1. The fourth-order valence-electron chi connectivity index (χ4n) is 2.83. The van der Waals surface area contributed by atoms with Crippen LogP contribution in [0.1, 0.15) is 18.9 Å². The molecule has 0 amide bonds. The Bertz CT molecular complexity index is 1050. The molecule has 24 heavy (non-hydrogen) atoms. The van der Waals surface area contributed by atoms with Gasteiger partial charge in [-0.3, -0.25) is 4.79 Å². The topological polar surface area (TPSA) is 56.1 Å². The van der Waals surface area contributed by atoms with E-state index in [-0.39, 0.29) is 9.79 Å². The number of aromatic nitrogens is 1. The van der Waals surface area contributed by atoms with Gasteiger partial charge in [0.15, 0.2) is 0 Å². The second-order valence-electron chi connectivity index (χ2n) is 5.85. The minimum Gasteiger partial charge on any atom is -0.346 e. The predicted molar refractivity (Wildman–Crippen MR) is 95.1 cm³/mol. The molecule has 1 aromatic heterocycles. The standard InChI is InChI=1S/C19H19NO3S/c1-3-11-20-13-18(24(22,23)15-7-5-4-6-8-15)19(21)16-12-14(2)9-10-17(16)20/h4-10,12-13H,3,11H2,1-2H3. The summed E-state index contributed by atoms with van der Waals surface area (Å²) in [5, 5.41) is 0.445. The zero-order valence-electron chi connectivity index (χ0n) is 13.7. The molecule has 0 bridgehead atoms. The molecule has 0 unspecified atom stereocenters. The van der Waals surface area contributed by atoms with Gasteiger partial charge in [0.2, 0.25) is 15.3 Å². The van der Waals surface area contributed by atoms with Crippen LogP contribution in [-0.4, -0.2) is 13.0 Å². The summed E-state index contributed by atoms with van der Waals surface area (Å²) in [4.78, 5) is 12.8. The first-order valence-corrected chi connectivity index (χ1v) is 9.37. The van der Waals surface area contributed by atoms with Gasteiger partial charge in [-0.25, -0.2) is 8.42 Å². The summed E-state index contributed by atoms with van der Waals surface area (Å²) in [6, 6.07) is 13.6. The molecule has 0 saturated heterocycles. The predicted octanol–water partition coefficient (Wildman–Crippen LogP) is 3.55. The van der Waals surface area contributed by atoms with E-state index in [1.807, 2.05) is 30.5 Å². The van der Waals surface area contributed by atoms with Gasteiger partial charge in [0.1, 0.15) is 4.90 Å². The minimum absolute atomic E-state index is 0.136. The maximum Gasteiger partial charge on any atom is 0.211 e. The van der Waals surface area contributed by atoms with Gasteiger partial charge in [0, 0.05) is 18.1 Å². The van der Waals surface area contributed by atoms with Crippen LogP contribution in [0.3, 0.4) is 0 Å². The Morgan fingerprint density at radius 1 is 1.04 bits per heavy atom. The average Bonchev–Trinajstić information content (AvgIpc) is 2.58. The first-order chi connectivity index (χ1) is 11.4. The molecule has 0 saturated carbocycles. The maximum absolute atomic E-state index is 12.9. The SMILES string of the molecule is CCCn1cc(S(=O)(=O)c2ccccc2)c(=O)c2cc(C)ccc21. The summed E-state index contributed by atoms with van der Waals surface area (Å²) >= 11 is 0. The van der Waals surface area contributed by atoms with Crippen molar-refractivity contribution in [3.05, 3.63) is 70.5 Å². The Morgan fingerprint density at radius 3 is 2.42 bits per heavy atom. The fourth-order valence-corrected chi connectivity index (χ4v) is 4.22. The monoisotopic (exact) mass is 341 g/mol. The number of hydrogen-bond acceptors (Lipinski definition) is 3. The van der Waals surface area contributed by atoms with Crippen LogP contribution < -0.4 is 5.43 Å². The Hall–Kier alpha value is -2.40. The van der Waals surface area contributed by atoms with Crippen LogP contribution in [-0.2, 0) is 16.4 Å². The van der Waals surface area contributed by atoms with Crippen molar-refractivity contribution in [2.45, 2.75) is 36.6 Å². The van der Waals surface area contributed by atoms with Gasteiger partial charge < -0.3 is 4.57 Å². The lowest BCUT2D eigenvalue weighted by Crippen LogP contribution is -2.19. The molecule has 0 N–H and O–H groups in total. The first-order valence-electron chi connectivity index (χ1n) is 7.89.